The maximum absolute atomic E-state index is 12.2. The number of carbonyl (C=O) groups is 1. The summed E-state index contributed by atoms with van der Waals surface area (Å²) in [6.45, 7) is 11.7. The van der Waals surface area contributed by atoms with E-state index in [-0.39, 0.29) is 5.91 Å². The Labute approximate surface area is 139 Å². The third kappa shape index (κ3) is 6.19. The fourth-order valence-corrected chi connectivity index (χ4v) is 2.06. The molecule has 0 saturated carbocycles. The quantitative estimate of drug-likeness (QED) is 0.512. The van der Waals surface area contributed by atoms with Gasteiger partial charge in [-0.25, -0.2) is 0 Å². The number of nitrogens with zero attached hydrogens (tertiary/aromatic N) is 1. The van der Waals surface area contributed by atoms with Crippen LogP contribution in [0.2, 0.25) is 0 Å². The largest absolute Gasteiger partial charge is 0.493 e. The predicted molar refractivity (Wildman–Crippen MR) is 94.9 cm³/mol. The lowest BCUT2D eigenvalue weighted by atomic mass is 10.2. The minimum absolute atomic E-state index is 0.0271. The van der Waals surface area contributed by atoms with E-state index in [2.05, 4.69) is 13.5 Å². The molecule has 0 aliphatic carbocycles. The maximum Gasteiger partial charge on any atom is 0.246 e. The van der Waals surface area contributed by atoms with E-state index in [9.17, 15) is 4.79 Å². The Bertz CT molecular complexity index is 564. The molecule has 1 aromatic rings. The van der Waals surface area contributed by atoms with Crippen LogP contribution in [0.1, 0.15) is 32.8 Å². The fourth-order valence-electron chi connectivity index (χ4n) is 2.06. The first-order chi connectivity index (χ1) is 11.0. The summed E-state index contributed by atoms with van der Waals surface area (Å²) in [5, 5.41) is 0. The summed E-state index contributed by atoms with van der Waals surface area (Å²) in [6.07, 6.45) is 4.30. The lowest BCUT2D eigenvalue weighted by Crippen LogP contribution is -2.30. The van der Waals surface area contributed by atoms with Gasteiger partial charge >= 0.3 is 0 Å². The van der Waals surface area contributed by atoms with Crippen molar-refractivity contribution in [1.29, 1.82) is 0 Å². The van der Waals surface area contributed by atoms with Gasteiger partial charge in [0.05, 0.1) is 13.7 Å². The average molecular weight is 317 g/mol. The summed E-state index contributed by atoms with van der Waals surface area (Å²) >= 11 is 0. The van der Waals surface area contributed by atoms with Gasteiger partial charge in [-0.3, -0.25) is 4.79 Å². The molecule has 0 aromatic heterocycles. The van der Waals surface area contributed by atoms with E-state index in [1.165, 1.54) is 0 Å². The molecule has 0 heterocycles. The van der Waals surface area contributed by atoms with Crippen LogP contribution in [-0.2, 0) is 4.79 Å². The molecule has 1 aromatic carbocycles. The van der Waals surface area contributed by atoms with Gasteiger partial charge in [-0.1, -0.05) is 25.1 Å². The fraction of sp³-hybridized carbons (Fsp3) is 0.421. The van der Waals surface area contributed by atoms with Crippen LogP contribution in [0, 0.1) is 0 Å². The minimum Gasteiger partial charge on any atom is -0.493 e. The molecule has 4 nitrogen and oxygen atoms in total. The van der Waals surface area contributed by atoms with E-state index < -0.39 is 0 Å². The van der Waals surface area contributed by atoms with E-state index >= 15 is 0 Å². The van der Waals surface area contributed by atoms with Crippen LogP contribution in [0.15, 0.2) is 36.4 Å². The lowest BCUT2D eigenvalue weighted by molar-refractivity contribution is -0.125. The highest BCUT2D eigenvalue weighted by molar-refractivity contribution is 5.92. The van der Waals surface area contributed by atoms with Gasteiger partial charge in [-0.15, -0.1) is 0 Å². The SMILES string of the molecule is C=C(C)CN(CC)C(=O)C=Cc1ccc(OCCC)c(OC)c1. The smallest absolute Gasteiger partial charge is 0.246 e. The van der Waals surface area contributed by atoms with Crippen molar-refractivity contribution in [3.8, 4) is 11.5 Å². The number of hydrogen-bond acceptors (Lipinski definition) is 3. The Hall–Kier alpha value is -2.23. The number of rotatable bonds is 9. The molecule has 0 N–H and O–H groups in total. The molecule has 1 amide bonds. The Kier molecular flexibility index (Phi) is 7.95. The predicted octanol–water partition coefficient (Wildman–Crippen LogP) is 3.92. The number of benzene rings is 1. The second-order valence-corrected chi connectivity index (χ2v) is 5.40. The van der Waals surface area contributed by atoms with Gasteiger partial charge in [0.1, 0.15) is 0 Å². The number of likely N-dealkylation sites (N-methyl/N-ethyl adjacent to an activating group) is 1. The summed E-state index contributed by atoms with van der Waals surface area (Å²) in [7, 11) is 1.61. The molecule has 0 radical (unpaired) electrons. The Morgan fingerprint density at radius 2 is 2.04 bits per heavy atom. The van der Waals surface area contributed by atoms with Crippen LogP contribution in [0.5, 0.6) is 11.5 Å². The molecular formula is C19H27NO3. The van der Waals surface area contributed by atoms with Crippen molar-refractivity contribution < 1.29 is 14.3 Å². The minimum atomic E-state index is -0.0271. The van der Waals surface area contributed by atoms with E-state index in [4.69, 9.17) is 9.47 Å². The third-order valence-electron chi connectivity index (χ3n) is 3.22. The summed E-state index contributed by atoms with van der Waals surface area (Å²) in [4.78, 5) is 13.9. The Morgan fingerprint density at radius 3 is 2.61 bits per heavy atom. The highest BCUT2D eigenvalue weighted by Crippen LogP contribution is 2.28. The standard InChI is InChI=1S/C19H27NO3/c1-6-12-23-17-10-8-16(13-18(17)22-5)9-11-19(21)20(7-2)14-15(3)4/h8-11,13H,3,6-7,12,14H2,1-2,4-5H3. The topological polar surface area (TPSA) is 38.8 Å². The molecule has 0 aliphatic heterocycles. The first kappa shape index (κ1) is 18.8. The zero-order chi connectivity index (χ0) is 17.2. The van der Waals surface area contributed by atoms with E-state index in [0.29, 0.717) is 25.4 Å². The van der Waals surface area contributed by atoms with Gasteiger partial charge in [-0.05, 0) is 44.0 Å². The van der Waals surface area contributed by atoms with E-state index in [0.717, 1.165) is 23.3 Å². The zero-order valence-electron chi connectivity index (χ0n) is 14.6. The summed E-state index contributed by atoms with van der Waals surface area (Å²) < 4.78 is 11.0. The number of amides is 1. The van der Waals surface area contributed by atoms with Crippen molar-refractivity contribution >= 4 is 12.0 Å². The van der Waals surface area contributed by atoms with Crippen molar-refractivity contribution in [2.45, 2.75) is 27.2 Å². The van der Waals surface area contributed by atoms with Gasteiger partial charge in [0.25, 0.3) is 0 Å². The van der Waals surface area contributed by atoms with Crippen molar-refractivity contribution in [2.24, 2.45) is 0 Å². The van der Waals surface area contributed by atoms with Crippen molar-refractivity contribution in [2.75, 3.05) is 26.8 Å². The monoisotopic (exact) mass is 317 g/mol. The molecule has 1 rings (SSSR count). The highest BCUT2D eigenvalue weighted by Gasteiger charge is 2.08. The molecule has 126 valence electrons. The highest BCUT2D eigenvalue weighted by atomic mass is 16.5. The Morgan fingerprint density at radius 1 is 1.30 bits per heavy atom. The molecule has 23 heavy (non-hydrogen) atoms. The molecule has 0 fully saturated rings. The summed E-state index contributed by atoms with van der Waals surface area (Å²) in [5.41, 5.74) is 1.86. The lowest BCUT2D eigenvalue weighted by Gasteiger charge is -2.18. The molecule has 0 atom stereocenters. The number of carbonyl (C=O) groups excluding carboxylic acids is 1. The van der Waals surface area contributed by atoms with Gasteiger partial charge < -0.3 is 14.4 Å². The van der Waals surface area contributed by atoms with Gasteiger partial charge in [0.15, 0.2) is 11.5 Å². The molecule has 0 saturated heterocycles. The van der Waals surface area contributed by atoms with Crippen molar-refractivity contribution in [3.05, 3.63) is 42.0 Å². The van der Waals surface area contributed by atoms with Crippen LogP contribution in [-0.4, -0.2) is 37.6 Å². The van der Waals surface area contributed by atoms with Gasteiger partial charge in [0, 0.05) is 19.2 Å². The molecular weight excluding hydrogens is 290 g/mol. The summed E-state index contributed by atoms with van der Waals surface area (Å²) in [5.74, 6) is 1.36. The zero-order valence-corrected chi connectivity index (χ0v) is 14.6. The molecule has 0 spiro atoms. The van der Waals surface area contributed by atoms with Crippen LogP contribution >= 0.6 is 0 Å². The molecule has 0 unspecified atom stereocenters. The van der Waals surface area contributed by atoms with Crippen LogP contribution in [0.25, 0.3) is 6.08 Å². The van der Waals surface area contributed by atoms with Crippen LogP contribution in [0.3, 0.4) is 0 Å². The molecule has 0 aliphatic rings. The first-order valence-electron chi connectivity index (χ1n) is 7.94. The maximum atomic E-state index is 12.2. The number of hydrogen-bond donors (Lipinski definition) is 0. The van der Waals surface area contributed by atoms with Crippen LogP contribution < -0.4 is 9.47 Å². The van der Waals surface area contributed by atoms with Crippen molar-refractivity contribution in [1.82, 2.24) is 4.90 Å². The van der Waals surface area contributed by atoms with E-state index in [1.807, 2.05) is 32.0 Å². The molecule has 4 heteroatoms. The Balaban J connectivity index is 2.83. The normalized spacial score (nSPS) is 10.6. The molecule has 0 bridgehead atoms. The van der Waals surface area contributed by atoms with Crippen molar-refractivity contribution in [3.63, 3.8) is 0 Å². The van der Waals surface area contributed by atoms with E-state index in [1.54, 1.807) is 24.2 Å². The third-order valence-corrected chi connectivity index (χ3v) is 3.22. The second kappa shape index (κ2) is 9.72. The van der Waals surface area contributed by atoms with Gasteiger partial charge in [0.2, 0.25) is 5.91 Å². The second-order valence-electron chi connectivity index (χ2n) is 5.40. The summed E-state index contributed by atoms with van der Waals surface area (Å²) in [6, 6.07) is 5.64. The number of ether oxygens (including phenoxy) is 2. The van der Waals surface area contributed by atoms with Crippen LogP contribution in [0.4, 0.5) is 0 Å². The first-order valence-corrected chi connectivity index (χ1v) is 7.94. The van der Waals surface area contributed by atoms with Gasteiger partial charge in [-0.2, -0.15) is 0 Å². The average Bonchev–Trinajstić information content (AvgIpc) is 2.55. The number of methoxy groups -OCH3 is 1.